The lowest BCUT2D eigenvalue weighted by atomic mass is 10.0. The number of halogens is 1. The summed E-state index contributed by atoms with van der Waals surface area (Å²) in [5.41, 5.74) is 0.748. The van der Waals surface area contributed by atoms with Crippen molar-refractivity contribution in [3.63, 3.8) is 0 Å². The summed E-state index contributed by atoms with van der Waals surface area (Å²) in [7, 11) is 0. The van der Waals surface area contributed by atoms with E-state index >= 15 is 0 Å². The molecular weight excluding hydrogens is 500 g/mol. The molecule has 1 aliphatic heterocycles. The van der Waals surface area contributed by atoms with Gasteiger partial charge in [-0.2, -0.15) is 0 Å². The van der Waals surface area contributed by atoms with Crippen LogP contribution in [0.2, 0.25) is 5.15 Å². The molecule has 190 valence electrons. The highest BCUT2D eigenvalue weighted by molar-refractivity contribution is 7.99. The van der Waals surface area contributed by atoms with Crippen molar-refractivity contribution in [3.05, 3.63) is 11.5 Å². The Morgan fingerprint density at radius 1 is 1.06 bits per heavy atom. The molecule has 11 nitrogen and oxygen atoms in total. The monoisotopic (exact) mass is 526 g/mol. The molecule has 4 atom stereocenters. The first-order chi connectivity index (χ1) is 16.7. The van der Waals surface area contributed by atoms with Gasteiger partial charge in [0.1, 0.15) is 18.2 Å². The van der Waals surface area contributed by atoms with E-state index < -0.39 is 42.4 Å². The van der Waals surface area contributed by atoms with E-state index in [1.54, 1.807) is 16.3 Å². The first-order valence-electron chi connectivity index (χ1n) is 11.4. The van der Waals surface area contributed by atoms with E-state index in [9.17, 15) is 14.4 Å². The summed E-state index contributed by atoms with van der Waals surface area (Å²) < 4.78 is 23.7. The van der Waals surface area contributed by atoms with Gasteiger partial charge >= 0.3 is 17.9 Å². The quantitative estimate of drug-likeness (QED) is 0.228. The molecule has 1 unspecified atom stereocenters. The van der Waals surface area contributed by atoms with E-state index in [0.29, 0.717) is 21.6 Å². The van der Waals surface area contributed by atoms with Crippen LogP contribution in [0.3, 0.4) is 0 Å². The van der Waals surface area contributed by atoms with Crippen LogP contribution in [0.25, 0.3) is 11.2 Å². The van der Waals surface area contributed by atoms with Crippen molar-refractivity contribution in [1.82, 2.24) is 19.5 Å². The van der Waals surface area contributed by atoms with E-state index in [0.717, 1.165) is 12.8 Å². The van der Waals surface area contributed by atoms with Gasteiger partial charge in [-0.3, -0.25) is 19.0 Å². The number of imidazole rings is 1. The Morgan fingerprint density at radius 3 is 2.40 bits per heavy atom. The van der Waals surface area contributed by atoms with Gasteiger partial charge in [-0.05, 0) is 12.8 Å². The van der Waals surface area contributed by atoms with Gasteiger partial charge in [0, 0.05) is 26.0 Å². The van der Waals surface area contributed by atoms with Crippen LogP contribution in [0.5, 0.6) is 0 Å². The summed E-state index contributed by atoms with van der Waals surface area (Å²) in [6.07, 6.45) is 3.30. The summed E-state index contributed by atoms with van der Waals surface area (Å²) in [5.74, 6) is -1.73. The molecule has 0 N–H and O–H groups in total. The Labute approximate surface area is 211 Å². The van der Waals surface area contributed by atoms with Crippen molar-refractivity contribution >= 4 is 52.4 Å². The predicted molar refractivity (Wildman–Crippen MR) is 125 cm³/mol. The van der Waals surface area contributed by atoms with Crippen molar-refractivity contribution in [2.75, 3.05) is 6.61 Å². The van der Waals surface area contributed by atoms with Crippen LogP contribution in [0.4, 0.5) is 0 Å². The van der Waals surface area contributed by atoms with Gasteiger partial charge in [0.05, 0.1) is 6.33 Å². The number of rotatable bonds is 7. The molecule has 1 saturated carbocycles. The molecule has 0 aromatic carbocycles. The van der Waals surface area contributed by atoms with Crippen LogP contribution >= 0.6 is 23.4 Å². The van der Waals surface area contributed by atoms with Gasteiger partial charge in [-0.1, -0.05) is 42.6 Å². The Balaban J connectivity index is 1.69. The van der Waals surface area contributed by atoms with E-state index in [-0.39, 0.29) is 11.8 Å². The minimum absolute atomic E-state index is 0.196. The Hall–Kier alpha value is -2.44. The van der Waals surface area contributed by atoms with Crippen LogP contribution in [0.1, 0.15) is 59.1 Å². The maximum Gasteiger partial charge on any atom is 0.303 e. The fraction of sp³-hybridized carbons (Fsp3) is 0.636. The van der Waals surface area contributed by atoms with Gasteiger partial charge in [0.2, 0.25) is 0 Å². The lowest BCUT2D eigenvalue weighted by molar-refractivity contribution is -0.166. The smallest absolute Gasteiger partial charge is 0.303 e. The van der Waals surface area contributed by atoms with E-state index in [4.69, 9.17) is 30.5 Å². The maximum absolute atomic E-state index is 11.9. The maximum atomic E-state index is 11.9. The first kappa shape index (κ1) is 25.6. The number of nitrogens with zero attached hydrogens (tertiary/aromatic N) is 4. The van der Waals surface area contributed by atoms with Crippen molar-refractivity contribution in [1.29, 1.82) is 0 Å². The van der Waals surface area contributed by atoms with Crippen molar-refractivity contribution < 1.29 is 33.3 Å². The highest BCUT2D eigenvalue weighted by atomic mass is 35.5. The average molecular weight is 527 g/mol. The molecule has 2 aromatic heterocycles. The van der Waals surface area contributed by atoms with E-state index in [2.05, 4.69) is 15.0 Å². The highest BCUT2D eigenvalue weighted by Crippen LogP contribution is 2.38. The summed E-state index contributed by atoms with van der Waals surface area (Å²) >= 11 is 8.02. The lowest BCUT2D eigenvalue weighted by Crippen LogP contribution is -2.40. The van der Waals surface area contributed by atoms with E-state index in [1.807, 2.05) is 0 Å². The standard InChI is InChI=1S/C22H27ClN4O7S/c1-11(28)31-9-15-17(32-12(2)29)18(33-13(3)30)21(34-15)27-10-24-16-19(23)25-22(26-20(16)27)35-14-7-5-4-6-8-14/h10,14-15,17-18,21H,4-9H2,1-3H3/t15-,17-,18-,21?/m1/s1. The third kappa shape index (κ3) is 6.04. The Bertz CT molecular complexity index is 1110. The molecule has 0 radical (unpaired) electrons. The van der Waals surface area contributed by atoms with Crippen LogP contribution in [0.15, 0.2) is 11.5 Å². The summed E-state index contributed by atoms with van der Waals surface area (Å²) in [6.45, 7) is 3.53. The summed E-state index contributed by atoms with van der Waals surface area (Å²) in [4.78, 5) is 48.6. The van der Waals surface area contributed by atoms with Gasteiger partial charge < -0.3 is 18.9 Å². The minimum atomic E-state index is -1.04. The fourth-order valence-corrected chi connectivity index (χ4v) is 5.76. The molecule has 2 aromatic rings. The number of carbonyl (C=O) groups excluding carboxylic acids is 3. The van der Waals surface area contributed by atoms with Gasteiger partial charge in [0.25, 0.3) is 0 Å². The molecule has 4 rings (SSSR count). The molecule has 1 aliphatic carbocycles. The topological polar surface area (TPSA) is 132 Å². The lowest BCUT2D eigenvalue weighted by Gasteiger charge is -2.24. The minimum Gasteiger partial charge on any atom is -0.463 e. The largest absolute Gasteiger partial charge is 0.463 e. The highest BCUT2D eigenvalue weighted by Gasteiger charge is 2.51. The number of hydrogen-bond donors (Lipinski definition) is 0. The first-order valence-corrected chi connectivity index (χ1v) is 12.7. The molecule has 13 heteroatoms. The molecule has 3 heterocycles. The van der Waals surface area contributed by atoms with Crippen LogP contribution in [0, 0.1) is 0 Å². The van der Waals surface area contributed by atoms with E-state index in [1.165, 1.54) is 46.4 Å². The zero-order chi connectivity index (χ0) is 25.1. The van der Waals surface area contributed by atoms with Crippen LogP contribution in [-0.2, 0) is 33.3 Å². The molecule has 35 heavy (non-hydrogen) atoms. The second-order valence-electron chi connectivity index (χ2n) is 8.51. The van der Waals surface area contributed by atoms with Crippen LogP contribution in [-0.4, -0.2) is 67.6 Å². The number of thioether (sulfide) groups is 1. The Morgan fingerprint density at radius 2 is 1.74 bits per heavy atom. The summed E-state index contributed by atoms with van der Waals surface area (Å²) in [5, 5.41) is 1.12. The average Bonchev–Trinajstić information content (AvgIpc) is 3.34. The van der Waals surface area contributed by atoms with Gasteiger partial charge in [-0.25, -0.2) is 15.0 Å². The Kier molecular flexibility index (Phi) is 8.12. The zero-order valence-corrected chi connectivity index (χ0v) is 21.2. The summed E-state index contributed by atoms with van der Waals surface area (Å²) in [6, 6.07) is 0. The number of carbonyl (C=O) groups is 3. The molecular formula is C22H27ClN4O7S. The number of hydrogen-bond acceptors (Lipinski definition) is 11. The fourth-order valence-electron chi connectivity index (χ4n) is 4.35. The SMILES string of the molecule is CC(=O)OC[C@H]1OC(n2cnc3c(Cl)nc(SC4CCCCC4)nc32)[C@H](OC(C)=O)[C@@H]1OC(C)=O. The second kappa shape index (κ2) is 11.1. The second-order valence-corrected chi connectivity index (χ2v) is 10.1. The van der Waals surface area contributed by atoms with Crippen molar-refractivity contribution in [2.45, 2.75) is 87.8 Å². The molecule has 0 spiro atoms. The third-order valence-corrected chi connectivity index (χ3v) is 7.26. The normalized spacial score (nSPS) is 24.9. The number of aromatic nitrogens is 4. The van der Waals surface area contributed by atoms with Crippen molar-refractivity contribution in [2.24, 2.45) is 0 Å². The third-order valence-electron chi connectivity index (χ3n) is 5.80. The zero-order valence-electron chi connectivity index (χ0n) is 19.6. The molecule has 0 amide bonds. The molecule has 2 aliphatic rings. The molecule has 2 fully saturated rings. The number of esters is 3. The predicted octanol–water partition coefficient (Wildman–Crippen LogP) is 3.23. The van der Waals surface area contributed by atoms with Gasteiger partial charge in [-0.15, -0.1) is 0 Å². The molecule has 1 saturated heterocycles. The number of ether oxygens (including phenoxy) is 4. The number of fused-ring (bicyclic) bond motifs is 1. The van der Waals surface area contributed by atoms with Crippen molar-refractivity contribution in [3.8, 4) is 0 Å². The molecule has 0 bridgehead atoms. The van der Waals surface area contributed by atoms with Crippen LogP contribution < -0.4 is 0 Å². The van der Waals surface area contributed by atoms with Gasteiger partial charge in [0.15, 0.2) is 34.4 Å².